The number of aromatic nitrogens is 1. The molecule has 1 aromatic heterocycles. The number of hydrogen-bond acceptors (Lipinski definition) is 1. The zero-order chi connectivity index (χ0) is 9.10. The van der Waals surface area contributed by atoms with E-state index in [4.69, 9.17) is 0 Å². The van der Waals surface area contributed by atoms with E-state index in [1.54, 1.807) is 12.3 Å². The van der Waals surface area contributed by atoms with E-state index in [-0.39, 0.29) is 0 Å². The molecule has 2 heteroatoms. The predicted octanol–water partition coefficient (Wildman–Crippen LogP) is 1.14. The Hall–Kier alpha value is -1.83. The molecule has 1 N–H and O–H groups in total. The highest BCUT2D eigenvalue weighted by molar-refractivity contribution is 5.44. The summed E-state index contributed by atoms with van der Waals surface area (Å²) in [6.45, 7) is 3.70. The standard InChI is InChI=1S/C11H10N2/c1-2-9-8-11-10(13-9)6-4-3-5-7-12-11/h2-8,13H,1H2/b4-3-,5-3?,6-4?,7-5-,10-6+,12-7?,12-11-. The lowest BCUT2D eigenvalue weighted by molar-refractivity contribution is 1.24. The molecule has 0 aromatic carbocycles. The summed E-state index contributed by atoms with van der Waals surface area (Å²) in [5, 5.41) is 1.98. The molecule has 2 nitrogen and oxygen atoms in total. The summed E-state index contributed by atoms with van der Waals surface area (Å²) in [4.78, 5) is 7.47. The maximum atomic E-state index is 4.27. The van der Waals surface area contributed by atoms with Crippen LogP contribution in [0.15, 0.2) is 42.1 Å². The van der Waals surface area contributed by atoms with Crippen LogP contribution in [-0.4, -0.2) is 4.98 Å². The average Bonchev–Trinajstić information content (AvgIpc) is 2.47. The highest BCUT2D eigenvalue weighted by Gasteiger charge is 1.92. The van der Waals surface area contributed by atoms with Gasteiger partial charge in [0.15, 0.2) is 0 Å². The Labute approximate surface area is 76.3 Å². The molecule has 0 saturated heterocycles. The van der Waals surface area contributed by atoms with Crippen molar-refractivity contribution in [1.29, 1.82) is 0 Å². The highest BCUT2D eigenvalue weighted by Crippen LogP contribution is 1.89. The Morgan fingerprint density at radius 3 is 3.08 bits per heavy atom. The number of fused-ring (bicyclic) bond motifs is 1. The molecule has 0 atom stereocenters. The summed E-state index contributed by atoms with van der Waals surface area (Å²) < 4.78 is 0. The quantitative estimate of drug-likeness (QED) is 0.654. The Morgan fingerprint density at radius 2 is 2.23 bits per heavy atom. The first kappa shape index (κ1) is 7.80. The molecule has 2 rings (SSSR count). The predicted molar refractivity (Wildman–Crippen MR) is 54.4 cm³/mol. The minimum Gasteiger partial charge on any atom is -0.354 e. The summed E-state index contributed by atoms with van der Waals surface area (Å²) in [6.07, 6.45) is 11.4. The summed E-state index contributed by atoms with van der Waals surface area (Å²) in [6, 6.07) is 1.97. The van der Waals surface area contributed by atoms with Gasteiger partial charge in [-0.2, -0.15) is 0 Å². The summed E-state index contributed by atoms with van der Waals surface area (Å²) >= 11 is 0. The van der Waals surface area contributed by atoms with Crippen molar-refractivity contribution >= 4 is 12.2 Å². The van der Waals surface area contributed by atoms with Gasteiger partial charge in [-0.25, -0.2) is 0 Å². The van der Waals surface area contributed by atoms with Crippen LogP contribution in [-0.2, 0) is 0 Å². The van der Waals surface area contributed by atoms with Gasteiger partial charge in [-0.05, 0) is 24.3 Å². The van der Waals surface area contributed by atoms with Crippen LogP contribution >= 0.6 is 0 Å². The minimum atomic E-state index is 0.954. The maximum absolute atomic E-state index is 4.27. The average molecular weight is 170 g/mol. The Bertz CT molecular complexity index is 445. The number of nitrogens with one attached hydrogen (secondary N) is 1. The summed E-state index contributed by atoms with van der Waals surface area (Å²) in [7, 11) is 0. The molecule has 1 aliphatic rings. The molecular formula is C11H10N2. The third-order valence-corrected chi connectivity index (χ3v) is 1.85. The molecule has 0 spiro atoms. The molecule has 0 unspecified atom stereocenters. The molecule has 64 valence electrons. The zero-order valence-corrected chi connectivity index (χ0v) is 7.20. The fourth-order valence-corrected chi connectivity index (χ4v) is 1.21. The Morgan fingerprint density at radius 1 is 1.31 bits per heavy atom. The van der Waals surface area contributed by atoms with Crippen LogP contribution in [0.5, 0.6) is 0 Å². The van der Waals surface area contributed by atoms with Crippen LogP contribution in [0.25, 0.3) is 12.2 Å². The van der Waals surface area contributed by atoms with Crippen LogP contribution in [0.1, 0.15) is 5.69 Å². The first-order valence-electron chi connectivity index (χ1n) is 4.13. The van der Waals surface area contributed by atoms with E-state index in [0.29, 0.717) is 0 Å². The van der Waals surface area contributed by atoms with Crippen molar-refractivity contribution in [3.8, 4) is 0 Å². The number of hydrogen-bond donors (Lipinski definition) is 1. The first-order valence-corrected chi connectivity index (χ1v) is 4.13. The first-order chi connectivity index (χ1) is 6.40. The maximum Gasteiger partial charge on any atom is 0.0885 e. The van der Waals surface area contributed by atoms with Gasteiger partial charge >= 0.3 is 0 Å². The third-order valence-electron chi connectivity index (χ3n) is 1.85. The van der Waals surface area contributed by atoms with Gasteiger partial charge in [-0.15, -0.1) is 0 Å². The van der Waals surface area contributed by atoms with Gasteiger partial charge in [-0.3, -0.25) is 4.99 Å². The van der Waals surface area contributed by atoms with E-state index in [1.807, 2.05) is 30.4 Å². The highest BCUT2D eigenvalue weighted by atomic mass is 14.8. The molecule has 2 heterocycles. The van der Waals surface area contributed by atoms with E-state index in [1.165, 1.54) is 0 Å². The van der Waals surface area contributed by atoms with Crippen molar-refractivity contribution in [3.05, 3.63) is 53.5 Å². The van der Waals surface area contributed by atoms with Gasteiger partial charge < -0.3 is 4.98 Å². The second-order valence-electron chi connectivity index (χ2n) is 2.75. The van der Waals surface area contributed by atoms with Crippen molar-refractivity contribution in [3.63, 3.8) is 0 Å². The minimum absolute atomic E-state index is 0.954. The third kappa shape index (κ3) is 1.51. The van der Waals surface area contributed by atoms with Crippen molar-refractivity contribution in [2.75, 3.05) is 0 Å². The van der Waals surface area contributed by atoms with Gasteiger partial charge in [0, 0.05) is 11.9 Å². The molecule has 0 amide bonds. The summed E-state index contributed by atoms with van der Waals surface area (Å²) in [5.74, 6) is 0. The molecule has 13 heavy (non-hydrogen) atoms. The molecule has 0 saturated carbocycles. The molecule has 0 aliphatic carbocycles. The van der Waals surface area contributed by atoms with Crippen molar-refractivity contribution in [2.45, 2.75) is 0 Å². The second kappa shape index (κ2) is 3.27. The van der Waals surface area contributed by atoms with Crippen LogP contribution in [0.2, 0.25) is 0 Å². The number of H-pyrrole nitrogens is 1. The lowest BCUT2D eigenvalue weighted by Gasteiger charge is -1.81. The molecule has 0 radical (unpaired) electrons. The van der Waals surface area contributed by atoms with E-state index in [2.05, 4.69) is 16.6 Å². The van der Waals surface area contributed by atoms with Gasteiger partial charge in [0.25, 0.3) is 0 Å². The monoisotopic (exact) mass is 170 g/mol. The van der Waals surface area contributed by atoms with Crippen LogP contribution in [0.4, 0.5) is 0 Å². The van der Waals surface area contributed by atoms with E-state index in [0.717, 1.165) is 16.4 Å². The van der Waals surface area contributed by atoms with Crippen molar-refractivity contribution < 1.29 is 0 Å². The molecule has 1 aliphatic heterocycles. The number of nitrogens with zero attached hydrogens (tertiary/aromatic N) is 1. The topological polar surface area (TPSA) is 28.1 Å². The zero-order valence-electron chi connectivity index (χ0n) is 7.20. The van der Waals surface area contributed by atoms with Crippen LogP contribution < -0.4 is 10.7 Å². The molecule has 0 fully saturated rings. The molecule has 1 aromatic rings. The molecule has 0 bridgehead atoms. The lowest BCUT2D eigenvalue weighted by Crippen LogP contribution is -2.21. The van der Waals surface area contributed by atoms with E-state index >= 15 is 0 Å². The van der Waals surface area contributed by atoms with Gasteiger partial charge in [0.2, 0.25) is 0 Å². The van der Waals surface area contributed by atoms with Gasteiger partial charge in [-0.1, -0.05) is 18.7 Å². The number of rotatable bonds is 1. The summed E-state index contributed by atoms with van der Waals surface area (Å²) in [5.41, 5.74) is 0.994. The smallest absolute Gasteiger partial charge is 0.0885 e. The van der Waals surface area contributed by atoms with Gasteiger partial charge in [0.05, 0.1) is 10.7 Å². The van der Waals surface area contributed by atoms with Crippen LogP contribution in [0, 0.1) is 0 Å². The SMILES string of the molecule is C=Cc1cc2/c([nH]1)=C\C=C/C=C\N=2. The number of aromatic amines is 1. The van der Waals surface area contributed by atoms with Crippen LogP contribution in [0.3, 0.4) is 0 Å². The Balaban J connectivity index is 2.75. The van der Waals surface area contributed by atoms with E-state index < -0.39 is 0 Å². The number of allylic oxidation sites excluding steroid dienone is 3. The molecular weight excluding hydrogens is 160 g/mol. The fourth-order valence-electron chi connectivity index (χ4n) is 1.21. The van der Waals surface area contributed by atoms with Crippen molar-refractivity contribution in [1.82, 2.24) is 4.98 Å². The normalized spacial score (nSPS) is 23.7. The van der Waals surface area contributed by atoms with Gasteiger partial charge in [0.1, 0.15) is 0 Å². The largest absolute Gasteiger partial charge is 0.354 e. The van der Waals surface area contributed by atoms with Crippen molar-refractivity contribution in [2.24, 2.45) is 4.99 Å². The van der Waals surface area contributed by atoms with E-state index in [9.17, 15) is 0 Å². The second-order valence-corrected chi connectivity index (χ2v) is 2.75. The lowest BCUT2D eigenvalue weighted by atomic mass is 10.4. The fraction of sp³-hybridized carbons (Fsp3) is 0. The Kier molecular flexibility index (Phi) is 1.96.